The molecule has 1 aliphatic rings. The minimum Gasteiger partial charge on any atom is -0.326 e. The fourth-order valence-electron chi connectivity index (χ4n) is 3.36. The molecule has 0 bridgehead atoms. The number of nitrogens with zero attached hydrogens (tertiary/aromatic N) is 2. The summed E-state index contributed by atoms with van der Waals surface area (Å²) in [5.74, 6) is 0.0423. The highest BCUT2D eigenvalue weighted by Gasteiger charge is 2.29. The molecule has 1 heterocycles. The minimum absolute atomic E-state index is 0.0684. The summed E-state index contributed by atoms with van der Waals surface area (Å²) in [5, 5.41) is 10.4. The molecule has 148 valence electrons. The summed E-state index contributed by atoms with van der Waals surface area (Å²) in [6.07, 6.45) is 1.94. The maximum atomic E-state index is 12.8. The monoisotopic (exact) mass is 388 g/mol. The van der Waals surface area contributed by atoms with Gasteiger partial charge in [0.15, 0.2) is 0 Å². The SMILES string of the molecule is Cc1nn(Cc2ccccc2)c(C)c1C(=O)Nc1ccc(NC(=O)C2CC2)cc1. The molecule has 0 saturated heterocycles. The molecule has 0 aliphatic heterocycles. The van der Waals surface area contributed by atoms with Gasteiger partial charge in [0.05, 0.1) is 17.8 Å². The van der Waals surface area contributed by atoms with E-state index in [1.165, 1.54) is 0 Å². The van der Waals surface area contributed by atoms with Crippen LogP contribution >= 0.6 is 0 Å². The zero-order valence-electron chi connectivity index (χ0n) is 16.6. The number of rotatable bonds is 6. The maximum absolute atomic E-state index is 12.8. The van der Waals surface area contributed by atoms with Gasteiger partial charge in [-0.1, -0.05) is 30.3 Å². The molecule has 1 saturated carbocycles. The number of carbonyl (C=O) groups excluding carboxylic acids is 2. The van der Waals surface area contributed by atoms with Crippen LogP contribution in [0.3, 0.4) is 0 Å². The Kier molecular flexibility index (Phi) is 5.16. The maximum Gasteiger partial charge on any atom is 0.259 e. The van der Waals surface area contributed by atoms with Gasteiger partial charge in [0.1, 0.15) is 0 Å². The van der Waals surface area contributed by atoms with Crippen LogP contribution < -0.4 is 10.6 Å². The lowest BCUT2D eigenvalue weighted by atomic mass is 10.1. The molecule has 29 heavy (non-hydrogen) atoms. The van der Waals surface area contributed by atoms with Crippen LogP contribution in [0.2, 0.25) is 0 Å². The van der Waals surface area contributed by atoms with Crippen molar-refractivity contribution >= 4 is 23.2 Å². The topological polar surface area (TPSA) is 76.0 Å². The van der Waals surface area contributed by atoms with E-state index in [1.54, 1.807) is 24.3 Å². The molecule has 2 N–H and O–H groups in total. The van der Waals surface area contributed by atoms with E-state index in [9.17, 15) is 9.59 Å². The van der Waals surface area contributed by atoms with Crippen LogP contribution in [0.15, 0.2) is 54.6 Å². The van der Waals surface area contributed by atoms with E-state index < -0.39 is 0 Å². The van der Waals surface area contributed by atoms with Gasteiger partial charge in [-0.25, -0.2) is 0 Å². The molecule has 0 atom stereocenters. The smallest absolute Gasteiger partial charge is 0.259 e. The molecule has 0 unspecified atom stereocenters. The highest BCUT2D eigenvalue weighted by Crippen LogP contribution is 2.30. The molecule has 3 aromatic rings. The molecule has 2 amide bonds. The van der Waals surface area contributed by atoms with Crippen LogP contribution in [0, 0.1) is 19.8 Å². The van der Waals surface area contributed by atoms with Gasteiger partial charge in [-0.15, -0.1) is 0 Å². The summed E-state index contributed by atoms with van der Waals surface area (Å²) >= 11 is 0. The highest BCUT2D eigenvalue weighted by atomic mass is 16.2. The van der Waals surface area contributed by atoms with Gasteiger partial charge in [-0.2, -0.15) is 5.10 Å². The Morgan fingerprint density at radius 2 is 1.59 bits per heavy atom. The lowest BCUT2D eigenvalue weighted by molar-refractivity contribution is -0.117. The molecule has 6 nitrogen and oxygen atoms in total. The number of aryl methyl sites for hydroxylation is 1. The molecule has 1 fully saturated rings. The van der Waals surface area contributed by atoms with Crippen molar-refractivity contribution < 1.29 is 9.59 Å². The number of hydrogen-bond acceptors (Lipinski definition) is 3. The van der Waals surface area contributed by atoms with Crippen molar-refractivity contribution in [3.8, 4) is 0 Å². The Morgan fingerprint density at radius 1 is 0.966 bits per heavy atom. The quantitative estimate of drug-likeness (QED) is 0.666. The first-order chi connectivity index (χ1) is 14.0. The van der Waals surface area contributed by atoms with Crippen molar-refractivity contribution in [3.05, 3.63) is 77.1 Å². The summed E-state index contributed by atoms with van der Waals surface area (Å²) in [6.45, 7) is 4.38. The van der Waals surface area contributed by atoms with Crippen LogP contribution in [0.4, 0.5) is 11.4 Å². The van der Waals surface area contributed by atoms with E-state index in [0.29, 0.717) is 23.5 Å². The third-order valence-electron chi connectivity index (χ3n) is 5.14. The van der Waals surface area contributed by atoms with Gasteiger partial charge in [0, 0.05) is 23.0 Å². The van der Waals surface area contributed by atoms with Crippen molar-refractivity contribution in [2.45, 2.75) is 33.2 Å². The summed E-state index contributed by atoms with van der Waals surface area (Å²) < 4.78 is 1.86. The highest BCUT2D eigenvalue weighted by molar-refractivity contribution is 6.06. The number of hydrogen-bond donors (Lipinski definition) is 2. The molecule has 4 rings (SSSR count). The summed E-state index contributed by atoms with van der Waals surface area (Å²) in [7, 11) is 0. The number of nitrogens with one attached hydrogen (secondary N) is 2. The first kappa shape index (κ1) is 18.9. The number of anilines is 2. The summed E-state index contributed by atoms with van der Waals surface area (Å²) in [5.41, 5.74) is 4.67. The number of carbonyl (C=O) groups is 2. The molecular formula is C23H24N4O2. The van der Waals surface area contributed by atoms with Gasteiger partial charge in [0.25, 0.3) is 5.91 Å². The van der Waals surface area contributed by atoms with Crippen molar-refractivity contribution in [1.82, 2.24) is 9.78 Å². The molecule has 1 aromatic heterocycles. The van der Waals surface area contributed by atoms with E-state index in [0.717, 1.165) is 29.8 Å². The molecular weight excluding hydrogens is 364 g/mol. The second-order valence-corrected chi connectivity index (χ2v) is 7.48. The first-order valence-corrected chi connectivity index (χ1v) is 9.81. The van der Waals surface area contributed by atoms with E-state index in [4.69, 9.17) is 0 Å². The Bertz CT molecular complexity index is 1030. The number of amides is 2. The van der Waals surface area contributed by atoms with Crippen LogP contribution in [0.1, 0.15) is 40.2 Å². The number of benzene rings is 2. The fraction of sp³-hybridized carbons (Fsp3) is 0.261. The normalized spacial score (nSPS) is 13.2. The van der Waals surface area contributed by atoms with Gasteiger partial charge in [0.2, 0.25) is 5.91 Å². The van der Waals surface area contributed by atoms with Crippen LogP contribution in [-0.2, 0) is 11.3 Å². The zero-order chi connectivity index (χ0) is 20.4. The van der Waals surface area contributed by atoms with Crippen LogP contribution in [-0.4, -0.2) is 21.6 Å². The predicted molar refractivity (Wildman–Crippen MR) is 113 cm³/mol. The zero-order valence-corrected chi connectivity index (χ0v) is 16.6. The van der Waals surface area contributed by atoms with Crippen LogP contribution in [0.25, 0.3) is 0 Å². The third kappa shape index (κ3) is 4.37. The van der Waals surface area contributed by atoms with Gasteiger partial charge >= 0.3 is 0 Å². The Hall–Kier alpha value is -3.41. The summed E-state index contributed by atoms with van der Waals surface area (Å²) in [4.78, 5) is 24.7. The minimum atomic E-state index is -0.186. The molecule has 1 aliphatic carbocycles. The van der Waals surface area contributed by atoms with Crippen molar-refractivity contribution in [2.24, 2.45) is 5.92 Å². The average molecular weight is 388 g/mol. The first-order valence-electron chi connectivity index (χ1n) is 9.81. The molecule has 0 spiro atoms. The Labute approximate surface area is 169 Å². The Balaban J connectivity index is 1.44. The lowest BCUT2D eigenvalue weighted by Gasteiger charge is -2.09. The number of aromatic nitrogens is 2. The summed E-state index contributed by atoms with van der Waals surface area (Å²) in [6, 6.07) is 17.2. The van der Waals surface area contributed by atoms with E-state index in [1.807, 2.05) is 48.9 Å². The largest absolute Gasteiger partial charge is 0.326 e. The third-order valence-corrected chi connectivity index (χ3v) is 5.14. The van der Waals surface area contributed by atoms with Gasteiger partial charge in [-0.05, 0) is 56.5 Å². The Morgan fingerprint density at radius 3 is 2.21 bits per heavy atom. The average Bonchev–Trinajstić information content (AvgIpc) is 3.51. The second kappa shape index (κ2) is 7.91. The molecule has 2 aromatic carbocycles. The van der Waals surface area contributed by atoms with E-state index >= 15 is 0 Å². The predicted octanol–water partition coefficient (Wildman–Crippen LogP) is 4.15. The van der Waals surface area contributed by atoms with E-state index in [2.05, 4.69) is 15.7 Å². The van der Waals surface area contributed by atoms with Crippen molar-refractivity contribution in [2.75, 3.05) is 10.6 Å². The second-order valence-electron chi connectivity index (χ2n) is 7.48. The standard InChI is InChI=1S/C23H24N4O2/c1-15-21(16(2)27(26-15)14-17-6-4-3-5-7-17)23(29)25-20-12-10-19(11-13-20)24-22(28)18-8-9-18/h3-7,10-13,18H,8-9,14H2,1-2H3,(H,24,28)(H,25,29). The van der Waals surface area contributed by atoms with Crippen LogP contribution in [0.5, 0.6) is 0 Å². The van der Waals surface area contributed by atoms with Crippen molar-refractivity contribution in [3.63, 3.8) is 0 Å². The lowest BCUT2D eigenvalue weighted by Crippen LogP contribution is -2.15. The molecule has 0 radical (unpaired) electrons. The van der Waals surface area contributed by atoms with Crippen molar-refractivity contribution in [1.29, 1.82) is 0 Å². The molecule has 6 heteroatoms. The van der Waals surface area contributed by atoms with Gasteiger partial charge in [-0.3, -0.25) is 14.3 Å². The van der Waals surface area contributed by atoms with E-state index in [-0.39, 0.29) is 17.7 Å². The van der Waals surface area contributed by atoms with Gasteiger partial charge < -0.3 is 10.6 Å². The fourth-order valence-corrected chi connectivity index (χ4v) is 3.36.